The molecule has 1 aromatic heterocycles. The lowest BCUT2D eigenvalue weighted by Gasteiger charge is -2.22. The molecule has 2 aliphatic rings. The number of hydrogen-bond donors (Lipinski definition) is 0. The Morgan fingerprint density at radius 3 is 2.52 bits per heavy atom. The van der Waals surface area contributed by atoms with Crippen LogP contribution in [-0.4, -0.2) is 40.3 Å². The van der Waals surface area contributed by atoms with Crippen molar-refractivity contribution in [2.75, 3.05) is 19.6 Å². The van der Waals surface area contributed by atoms with Crippen molar-refractivity contribution in [1.29, 1.82) is 0 Å². The van der Waals surface area contributed by atoms with Gasteiger partial charge in [-0.2, -0.15) is 0 Å². The van der Waals surface area contributed by atoms with Crippen LogP contribution in [0.2, 0.25) is 0 Å². The van der Waals surface area contributed by atoms with Gasteiger partial charge in [0.05, 0.1) is 0 Å². The number of rotatable bonds is 4. The third-order valence-electron chi connectivity index (χ3n) is 6.07. The van der Waals surface area contributed by atoms with E-state index < -0.39 is 0 Å². The minimum absolute atomic E-state index is 0.244. The minimum Gasteiger partial charge on any atom is -0.337 e. The van der Waals surface area contributed by atoms with Crippen LogP contribution < -0.4 is 0 Å². The first-order chi connectivity index (χ1) is 14.3. The van der Waals surface area contributed by atoms with E-state index in [-0.39, 0.29) is 5.91 Å². The fourth-order valence-corrected chi connectivity index (χ4v) is 4.50. The predicted octanol–water partition coefficient (Wildman–Crippen LogP) is 3.89. The average molecular weight is 383 g/mol. The Labute approximate surface area is 171 Å². The molecule has 0 saturated carbocycles. The number of carbonyl (C=O) groups excluding carboxylic acids is 1. The summed E-state index contributed by atoms with van der Waals surface area (Å²) in [5, 5.41) is 0. The molecule has 146 valence electrons. The van der Waals surface area contributed by atoms with Gasteiger partial charge >= 0.3 is 0 Å². The van der Waals surface area contributed by atoms with E-state index in [0.29, 0.717) is 13.0 Å². The summed E-state index contributed by atoms with van der Waals surface area (Å²) in [6.07, 6.45) is 5.19. The lowest BCUT2D eigenvalue weighted by atomic mass is 10.0. The molecule has 1 aliphatic carbocycles. The van der Waals surface area contributed by atoms with Crippen LogP contribution in [0.3, 0.4) is 0 Å². The lowest BCUT2D eigenvalue weighted by Crippen LogP contribution is -2.32. The summed E-state index contributed by atoms with van der Waals surface area (Å²) >= 11 is 0. The maximum absolute atomic E-state index is 12.6. The zero-order valence-corrected chi connectivity index (χ0v) is 16.6. The number of fused-ring (bicyclic) bond motifs is 3. The van der Waals surface area contributed by atoms with E-state index in [2.05, 4.69) is 52.3 Å². The monoisotopic (exact) mass is 383 g/mol. The van der Waals surface area contributed by atoms with Crippen LogP contribution in [0.4, 0.5) is 0 Å². The van der Waals surface area contributed by atoms with Gasteiger partial charge in [0.2, 0.25) is 5.91 Å². The third-order valence-corrected chi connectivity index (χ3v) is 6.07. The molecule has 29 heavy (non-hydrogen) atoms. The van der Waals surface area contributed by atoms with Crippen molar-refractivity contribution in [2.45, 2.75) is 25.9 Å². The number of pyridine rings is 1. The molecule has 1 fully saturated rings. The van der Waals surface area contributed by atoms with Gasteiger partial charge in [-0.3, -0.25) is 14.7 Å². The van der Waals surface area contributed by atoms with Gasteiger partial charge in [-0.05, 0) is 51.9 Å². The summed E-state index contributed by atoms with van der Waals surface area (Å²) in [6, 6.07) is 19.5. The molecule has 0 atom stereocenters. The summed E-state index contributed by atoms with van der Waals surface area (Å²) in [5.41, 5.74) is 8.08. The number of hydrogen-bond acceptors (Lipinski definition) is 3. The maximum atomic E-state index is 12.6. The standard InChI is InChI=1S/C25H25N3O/c29-25-9-12-27(13-14-28(25)18-19-7-10-26-11-8-19)17-20-5-6-24-22(15-20)16-21-3-1-2-4-23(21)24/h1-8,10-11,15H,9,12-14,16-18H2. The van der Waals surface area contributed by atoms with E-state index in [9.17, 15) is 4.79 Å². The van der Waals surface area contributed by atoms with Crippen LogP contribution in [0.1, 0.15) is 28.7 Å². The largest absolute Gasteiger partial charge is 0.337 e. The molecule has 0 radical (unpaired) electrons. The fourth-order valence-electron chi connectivity index (χ4n) is 4.50. The molecule has 4 heteroatoms. The first kappa shape index (κ1) is 18.1. The number of benzene rings is 2. The topological polar surface area (TPSA) is 36.4 Å². The van der Waals surface area contributed by atoms with Crippen LogP contribution in [0.5, 0.6) is 0 Å². The van der Waals surface area contributed by atoms with Crippen molar-refractivity contribution >= 4 is 5.91 Å². The Bertz CT molecular complexity index is 1030. The first-order valence-electron chi connectivity index (χ1n) is 10.4. The van der Waals surface area contributed by atoms with Crippen molar-refractivity contribution < 1.29 is 4.79 Å². The smallest absolute Gasteiger partial charge is 0.224 e. The Morgan fingerprint density at radius 2 is 1.62 bits per heavy atom. The molecule has 0 N–H and O–H groups in total. The molecule has 4 nitrogen and oxygen atoms in total. The maximum Gasteiger partial charge on any atom is 0.224 e. The van der Waals surface area contributed by atoms with E-state index >= 15 is 0 Å². The van der Waals surface area contributed by atoms with Gasteiger partial charge in [0, 0.05) is 51.5 Å². The van der Waals surface area contributed by atoms with E-state index in [1.165, 1.54) is 27.8 Å². The highest BCUT2D eigenvalue weighted by molar-refractivity contribution is 5.77. The molecule has 1 aliphatic heterocycles. The van der Waals surface area contributed by atoms with Crippen molar-refractivity contribution in [1.82, 2.24) is 14.8 Å². The Kier molecular flexibility index (Phi) is 4.86. The van der Waals surface area contributed by atoms with Gasteiger partial charge in [0.25, 0.3) is 0 Å². The SMILES string of the molecule is O=C1CCN(Cc2ccc3c(c2)Cc2ccccc2-3)CCN1Cc1ccncc1. The Hall–Kier alpha value is -2.98. The lowest BCUT2D eigenvalue weighted by molar-refractivity contribution is -0.130. The second-order valence-electron chi connectivity index (χ2n) is 8.02. The molecule has 2 aromatic carbocycles. The summed E-state index contributed by atoms with van der Waals surface area (Å²) < 4.78 is 0. The van der Waals surface area contributed by atoms with Crippen LogP contribution in [0.25, 0.3) is 11.1 Å². The van der Waals surface area contributed by atoms with Gasteiger partial charge in [-0.25, -0.2) is 0 Å². The molecule has 2 heterocycles. The molecule has 3 aromatic rings. The third kappa shape index (κ3) is 3.81. The van der Waals surface area contributed by atoms with Gasteiger partial charge < -0.3 is 4.90 Å². The second-order valence-corrected chi connectivity index (χ2v) is 8.02. The Morgan fingerprint density at radius 1 is 0.793 bits per heavy atom. The highest BCUT2D eigenvalue weighted by atomic mass is 16.2. The Balaban J connectivity index is 1.25. The van der Waals surface area contributed by atoms with Crippen LogP contribution in [-0.2, 0) is 24.3 Å². The van der Waals surface area contributed by atoms with Crippen LogP contribution >= 0.6 is 0 Å². The summed E-state index contributed by atoms with van der Waals surface area (Å²) in [5.74, 6) is 0.244. The van der Waals surface area contributed by atoms with Crippen molar-refractivity contribution in [3.05, 3.63) is 89.2 Å². The molecule has 5 rings (SSSR count). The minimum atomic E-state index is 0.244. The fraction of sp³-hybridized carbons (Fsp3) is 0.280. The normalized spacial score (nSPS) is 16.4. The molecular formula is C25H25N3O. The molecule has 1 saturated heterocycles. The van der Waals surface area contributed by atoms with Crippen molar-refractivity contribution in [3.8, 4) is 11.1 Å². The number of carbonyl (C=O) groups is 1. The highest BCUT2D eigenvalue weighted by Crippen LogP contribution is 2.36. The van der Waals surface area contributed by atoms with Crippen LogP contribution in [0, 0.1) is 0 Å². The zero-order chi connectivity index (χ0) is 19.6. The van der Waals surface area contributed by atoms with Crippen molar-refractivity contribution in [2.24, 2.45) is 0 Å². The average Bonchev–Trinajstić information content (AvgIpc) is 3.03. The predicted molar refractivity (Wildman–Crippen MR) is 114 cm³/mol. The summed E-state index contributed by atoms with van der Waals surface area (Å²) in [7, 11) is 0. The van der Waals surface area contributed by atoms with Gasteiger partial charge in [0.1, 0.15) is 0 Å². The number of amides is 1. The zero-order valence-electron chi connectivity index (χ0n) is 16.6. The molecule has 1 amide bonds. The van der Waals surface area contributed by atoms with Gasteiger partial charge in [-0.15, -0.1) is 0 Å². The quantitative estimate of drug-likeness (QED) is 0.536. The molecule has 0 unspecified atom stereocenters. The molecule has 0 bridgehead atoms. The van der Waals surface area contributed by atoms with Crippen LogP contribution in [0.15, 0.2) is 67.0 Å². The van der Waals surface area contributed by atoms with Gasteiger partial charge in [0.15, 0.2) is 0 Å². The van der Waals surface area contributed by atoms with Crippen molar-refractivity contribution in [3.63, 3.8) is 0 Å². The van der Waals surface area contributed by atoms with Gasteiger partial charge in [-0.1, -0.05) is 42.5 Å². The second kappa shape index (κ2) is 7.80. The number of aromatic nitrogens is 1. The summed E-state index contributed by atoms with van der Waals surface area (Å²) in [4.78, 5) is 21.0. The number of nitrogens with zero attached hydrogens (tertiary/aromatic N) is 3. The highest BCUT2D eigenvalue weighted by Gasteiger charge is 2.22. The van der Waals surface area contributed by atoms with E-state index in [4.69, 9.17) is 0 Å². The van der Waals surface area contributed by atoms with E-state index in [1.54, 1.807) is 12.4 Å². The molecule has 0 spiro atoms. The summed E-state index contributed by atoms with van der Waals surface area (Å²) in [6.45, 7) is 4.08. The molecular weight excluding hydrogens is 358 g/mol. The van der Waals surface area contributed by atoms with E-state index in [0.717, 1.165) is 38.2 Å². The first-order valence-corrected chi connectivity index (χ1v) is 10.4. The van der Waals surface area contributed by atoms with E-state index in [1.807, 2.05) is 17.0 Å².